The Morgan fingerprint density at radius 3 is 2.54 bits per heavy atom. The highest BCUT2D eigenvalue weighted by Gasteiger charge is 2.04. The quantitative estimate of drug-likeness (QED) is 0.858. The van der Waals surface area contributed by atoms with E-state index in [4.69, 9.17) is 4.74 Å². The predicted octanol–water partition coefficient (Wildman–Crippen LogP) is 2.27. The molecule has 0 aliphatic heterocycles. The third-order valence-electron chi connectivity index (χ3n) is 3.30. The Kier molecular flexibility index (Phi) is 6.21. The number of nitrogens with one attached hydrogen (secondary N) is 1. The van der Waals surface area contributed by atoms with Gasteiger partial charge in [-0.2, -0.15) is 0 Å². The van der Waals surface area contributed by atoms with Crippen LogP contribution >= 0.6 is 0 Å². The lowest BCUT2D eigenvalue weighted by Gasteiger charge is -2.12. The van der Waals surface area contributed by atoms with Gasteiger partial charge in [0.15, 0.2) is 0 Å². The van der Waals surface area contributed by atoms with Crippen LogP contribution in [0.3, 0.4) is 0 Å². The summed E-state index contributed by atoms with van der Waals surface area (Å²) in [5, 5.41) is 2.76. The number of aromatic nitrogens is 1. The molecule has 124 valence electrons. The zero-order valence-electron chi connectivity index (χ0n) is 14.2. The molecule has 1 N–H and O–H groups in total. The number of amides is 1. The van der Waals surface area contributed by atoms with E-state index >= 15 is 0 Å². The molecule has 24 heavy (non-hydrogen) atoms. The van der Waals surface area contributed by atoms with Crippen LogP contribution in [0.2, 0.25) is 0 Å². The second-order valence-electron chi connectivity index (χ2n) is 5.40. The topological polar surface area (TPSA) is 54.5 Å². The number of ether oxygens (including phenoxy) is 1. The lowest BCUT2D eigenvalue weighted by atomic mass is 10.2. The standard InChI is InChI=1S/C19H21N3O2/c1-15-6-11-18(14-21-15)24-13-5-4-12-20-19(23)16-7-9-17(10-8-16)22(2)3/h6-11,14H,12-13H2,1-3H3,(H,20,23). The monoisotopic (exact) mass is 323 g/mol. The number of hydrogen-bond acceptors (Lipinski definition) is 4. The molecular formula is C19H21N3O2. The van der Waals surface area contributed by atoms with Crippen LogP contribution in [0.15, 0.2) is 42.6 Å². The zero-order valence-corrected chi connectivity index (χ0v) is 14.2. The summed E-state index contributed by atoms with van der Waals surface area (Å²) in [4.78, 5) is 18.1. The third-order valence-corrected chi connectivity index (χ3v) is 3.30. The van der Waals surface area contributed by atoms with Crippen LogP contribution in [-0.4, -0.2) is 38.1 Å². The molecule has 1 amide bonds. The molecule has 0 atom stereocenters. The van der Waals surface area contributed by atoms with Gasteiger partial charge in [0.05, 0.1) is 12.7 Å². The van der Waals surface area contributed by atoms with E-state index in [2.05, 4.69) is 22.1 Å². The van der Waals surface area contributed by atoms with E-state index in [1.165, 1.54) is 0 Å². The van der Waals surface area contributed by atoms with Gasteiger partial charge in [0, 0.05) is 31.0 Å². The van der Waals surface area contributed by atoms with Crippen LogP contribution < -0.4 is 15.0 Å². The fourth-order valence-electron chi connectivity index (χ4n) is 1.91. The highest BCUT2D eigenvalue weighted by molar-refractivity contribution is 5.94. The first kappa shape index (κ1) is 17.4. The molecule has 0 unspecified atom stereocenters. The number of aryl methyl sites for hydroxylation is 1. The van der Waals surface area contributed by atoms with Gasteiger partial charge >= 0.3 is 0 Å². The number of hydrogen-bond donors (Lipinski definition) is 1. The Bertz CT molecular complexity index is 726. The molecule has 2 rings (SSSR count). The largest absolute Gasteiger partial charge is 0.479 e. The molecular weight excluding hydrogens is 302 g/mol. The molecule has 5 nitrogen and oxygen atoms in total. The number of pyridine rings is 1. The number of anilines is 1. The lowest BCUT2D eigenvalue weighted by Crippen LogP contribution is -2.23. The van der Waals surface area contributed by atoms with E-state index < -0.39 is 0 Å². The first-order valence-electron chi connectivity index (χ1n) is 7.63. The van der Waals surface area contributed by atoms with Crippen molar-refractivity contribution in [3.63, 3.8) is 0 Å². The number of nitrogens with zero attached hydrogens (tertiary/aromatic N) is 2. The van der Waals surface area contributed by atoms with Crippen LogP contribution in [0.1, 0.15) is 16.1 Å². The van der Waals surface area contributed by atoms with Crippen molar-refractivity contribution in [3.05, 3.63) is 53.9 Å². The van der Waals surface area contributed by atoms with Crippen molar-refractivity contribution in [2.75, 3.05) is 32.1 Å². The highest BCUT2D eigenvalue weighted by Crippen LogP contribution is 2.12. The molecule has 0 fully saturated rings. The molecule has 0 spiro atoms. The average Bonchev–Trinajstić information content (AvgIpc) is 2.59. The van der Waals surface area contributed by atoms with Crippen LogP contribution in [0.4, 0.5) is 5.69 Å². The van der Waals surface area contributed by atoms with Crippen molar-refractivity contribution in [3.8, 4) is 17.6 Å². The molecule has 0 saturated heterocycles. The first-order chi connectivity index (χ1) is 11.6. The normalized spacial score (nSPS) is 9.62. The van der Waals surface area contributed by atoms with Gasteiger partial charge in [0.2, 0.25) is 0 Å². The van der Waals surface area contributed by atoms with Crippen molar-refractivity contribution < 1.29 is 9.53 Å². The smallest absolute Gasteiger partial charge is 0.252 e. The summed E-state index contributed by atoms with van der Waals surface area (Å²) in [5.41, 5.74) is 2.60. The summed E-state index contributed by atoms with van der Waals surface area (Å²) in [6.45, 7) is 2.46. The summed E-state index contributed by atoms with van der Waals surface area (Å²) in [5.74, 6) is 6.26. The molecule has 0 saturated carbocycles. The third kappa shape index (κ3) is 5.33. The van der Waals surface area contributed by atoms with Gasteiger partial charge in [-0.3, -0.25) is 9.78 Å². The molecule has 1 aromatic heterocycles. The zero-order chi connectivity index (χ0) is 17.4. The predicted molar refractivity (Wildman–Crippen MR) is 95.3 cm³/mol. The molecule has 0 bridgehead atoms. The Labute approximate surface area is 142 Å². The number of carbonyl (C=O) groups excluding carboxylic acids is 1. The maximum atomic E-state index is 12.0. The Morgan fingerprint density at radius 1 is 1.17 bits per heavy atom. The van der Waals surface area contributed by atoms with Gasteiger partial charge in [-0.25, -0.2) is 0 Å². The van der Waals surface area contributed by atoms with Gasteiger partial charge in [0.25, 0.3) is 5.91 Å². The summed E-state index contributed by atoms with van der Waals surface area (Å²) in [6, 6.07) is 11.1. The van der Waals surface area contributed by atoms with Gasteiger partial charge in [-0.15, -0.1) is 0 Å². The van der Waals surface area contributed by atoms with Crippen molar-refractivity contribution in [1.82, 2.24) is 10.3 Å². The molecule has 5 heteroatoms. The molecule has 0 aliphatic carbocycles. The highest BCUT2D eigenvalue weighted by atomic mass is 16.5. The number of rotatable bonds is 5. The maximum Gasteiger partial charge on any atom is 0.252 e. The minimum atomic E-state index is -0.141. The van der Waals surface area contributed by atoms with E-state index in [1.54, 1.807) is 18.3 Å². The summed E-state index contributed by atoms with van der Waals surface area (Å²) < 4.78 is 5.43. The summed E-state index contributed by atoms with van der Waals surface area (Å²) >= 11 is 0. The van der Waals surface area contributed by atoms with Gasteiger partial charge in [0.1, 0.15) is 12.4 Å². The van der Waals surface area contributed by atoms with Gasteiger partial charge < -0.3 is 15.0 Å². The molecule has 2 aromatic rings. The summed E-state index contributed by atoms with van der Waals surface area (Å²) in [6.07, 6.45) is 1.66. The minimum Gasteiger partial charge on any atom is -0.479 e. The minimum absolute atomic E-state index is 0.141. The van der Waals surface area contributed by atoms with Crippen molar-refractivity contribution >= 4 is 11.6 Å². The molecule has 0 aliphatic rings. The molecule has 0 radical (unpaired) electrons. The number of benzene rings is 1. The van der Waals surface area contributed by atoms with Crippen molar-refractivity contribution in [2.24, 2.45) is 0 Å². The lowest BCUT2D eigenvalue weighted by molar-refractivity contribution is 0.0958. The SMILES string of the molecule is Cc1ccc(OCC#CCNC(=O)c2ccc(N(C)C)cc2)cn1. The average molecular weight is 323 g/mol. The van der Waals surface area contributed by atoms with E-state index in [0.29, 0.717) is 11.3 Å². The van der Waals surface area contributed by atoms with Gasteiger partial charge in [-0.05, 0) is 43.3 Å². The molecule has 1 aromatic carbocycles. The van der Waals surface area contributed by atoms with Crippen LogP contribution in [0, 0.1) is 18.8 Å². The second kappa shape index (κ2) is 8.59. The second-order valence-corrected chi connectivity index (χ2v) is 5.40. The van der Waals surface area contributed by atoms with E-state index in [9.17, 15) is 4.79 Å². The molecule has 1 heterocycles. The van der Waals surface area contributed by atoms with E-state index in [0.717, 1.165) is 11.4 Å². The van der Waals surface area contributed by atoms with Crippen LogP contribution in [0.25, 0.3) is 0 Å². The van der Waals surface area contributed by atoms with E-state index in [1.807, 2.05) is 50.2 Å². The Morgan fingerprint density at radius 2 is 1.92 bits per heavy atom. The maximum absolute atomic E-state index is 12.0. The van der Waals surface area contributed by atoms with Crippen LogP contribution in [-0.2, 0) is 0 Å². The van der Waals surface area contributed by atoms with Crippen molar-refractivity contribution in [2.45, 2.75) is 6.92 Å². The first-order valence-corrected chi connectivity index (χ1v) is 7.63. The van der Waals surface area contributed by atoms with Gasteiger partial charge in [-0.1, -0.05) is 11.8 Å². The fourth-order valence-corrected chi connectivity index (χ4v) is 1.91. The van der Waals surface area contributed by atoms with Crippen LogP contribution in [0.5, 0.6) is 5.75 Å². The fraction of sp³-hybridized carbons (Fsp3) is 0.263. The Balaban J connectivity index is 1.73. The Hall–Kier alpha value is -3.00. The summed E-state index contributed by atoms with van der Waals surface area (Å²) in [7, 11) is 3.92. The van der Waals surface area contributed by atoms with E-state index in [-0.39, 0.29) is 19.1 Å². The van der Waals surface area contributed by atoms with Crippen molar-refractivity contribution in [1.29, 1.82) is 0 Å². The number of carbonyl (C=O) groups is 1.